The first kappa shape index (κ1) is 22.5. The number of anilines is 1. The molecule has 0 spiro atoms. The van der Waals surface area contributed by atoms with Crippen molar-refractivity contribution in [2.24, 2.45) is 0 Å². The fourth-order valence-corrected chi connectivity index (χ4v) is 4.07. The van der Waals surface area contributed by atoms with Crippen LogP contribution in [0.3, 0.4) is 0 Å². The summed E-state index contributed by atoms with van der Waals surface area (Å²) in [6.45, 7) is 1.49. The summed E-state index contributed by atoms with van der Waals surface area (Å²) in [7, 11) is -4.42. The van der Waals surface area contributed by atoms with E-state index in [9.17, 15) is 18.0 Å². The number of nitrogens with one attached hydrogen (secondary N) is 3. The third-order valence-corrected chi connectivity index (χ3v) is 5.61. The molecule has 4 N–H and O–H groups in total. The summed E-state index contributed by atoms with van der Waals surface area (Å²) in [6.07, 6.45) is 2.57. The van der Waals surface area contributed by atoms with Crippen LogP contribution < -0.4 is 16.0 Å². The quantitative estimate of drug-likeness (QED) is 0.466. The predicted molar refractivity (Wildman–Crippen MR) is 112 cm³/mol. The van der Waals surface area contributed by atoms with E-state index in [1.165, 1.54) is 12.1 Å². The van der Waals surface area contributed by atoms with Gasteiger partial charge in [0.15, 0.2) is 11.6 Å². The van der Waals surface area contributed by atoms with Crippen LogP contribution >= 0.6 is 23.2 Å². The number of aromatic nitrogens is 2. The van der Waals surface area contributed by atoms with E-state index in [2.05, 4.69) is 21.0 Å². The van der Waals surface area contributed by atoms with Gasteiger partial charge in [0, 0.05) is 6.04 Å². The van der Waals surface area contributed by atoms with Crippen molar-refractivity contribution in [3.8, 4) is 0 Å². The predicted octanol–water partition coefficient (Wildman–Crippen LogP) is 1.77. The van der Waals surface area contributed by atoms with Crippen LogP contribution in [0.1, 0.15) is 33.7 Å². The third-order valence-electron chi connectivity index (χ3n) is 4.38. The molecule has 0 bridgehead atoms. The number of nitrogens with zero attached hydrogens (tertiary/aromatic N) is 2. The molecule has 1 saturated heterocycles. The lowest BCUT2D eigenvalue weighted by Gasteiger charge is -2.23. The highest BCUT2D eigenvalue weighted by atomic mass is 35.5. The molecule has 0 unspecified atom stereocenters. The van der Waals surface area contributed by atoms with Gasteiger partial charge < -0.3 is 16.0 Å². The molecular weight excluding hydrogens is 457 g/mol. The number of piperidine rings is 1. The Hall–Kier alpha value is -2.18. The van der Waals surface area contributed by atoms with Crippen molar-refractivity contribution in [3.05, 3.63) is 45.7 Å². The first-order valence-corrected chi connectivity index (χ1v) is 11.3. The van der Waals surface area contributed by atoms with Gasteiger partial charge in [-0.2, -0.15) is 13.5 Å². The average Bonchev–Trinajstić information content (AvgIpc) is 3.02. The molecular formula is C17H19Cl2N5O5S. The molecule has 1 aromatic carbocycles. The second kappa shape index (κ2) is 9.31. The Morgan fingerprint density at radius 3 is 2.43 bits per heavy atom. The van der Waals surface area contributed by atoms with Crippen LogP contribution in [-0.4, -0.2) is 53.7 Å². The zero-order valence-electron chi connectivity index (χ0n) is 15.6. The molecule has 1 aliphatic heterocycles. The monoisotopic (exact) mass is 475 g/mol. The van der Waals surface area contributed by atoms with Crippen LogP contribution in [0.15, 0.2) is 24.4 Å². The van der Waals surface area contributed by atoms with E-state index in [4.69, 9.17) is 27.8 Å². The maximum Gasteiger partial charge on any atom is 0.285 e. The van der Waals surface area contributed by atoms with Crippen LogP contribution in [0.5, 0.6) is 0 Å². The van der Waals surface area contributed by atoms with Gasteiger partial charge in [-0.15, -0.1) is 0 Å². The Balaban J connectivity index is 1.89. The summed E-state index contributed by atoms with van der Waals surface area (Å²) in [4.78, 5) is 25.4. The highest BCUT2D eigenvalue weighted by Gasteiger charge is 2.25. The smallest absolute Gasteiger partial charge is 0.285 e. The second-order valence-electron chi connectivity index (χ2n) is 6.69. The van der Waals surface area contributed by atoms with Gasteiger partial charge in [0.05, 0.1) is 27.5 Å². The lowest BCUT2D eigenvalue weighted by Crippen LogP contribution is -2.43. The summed E-state index contributed by atoms with van der Waals surface area (Å²) in [6, 6.07) is 4.44. The van der Waals surface area contributed by atoms with Crippen molar-refractivity contribution < 1.29 is 22.6 Å². The van der Waals surface area contributed by atoms with Crippen LogP contribution in [0, 0.1) is 0 Å². The van der Waals surface area contributed by atoms with Gasteiger partial charge in [-0.25, -0.2) is 0 Å². The Morgan fingerprint density at radius 1 is 1.20 bits per heavy atom. The molecule has 0 atom stereocenters. The minimum atomic E-state index is -4.42. The van der Waals surface area contributed by atoms with E-state index in [1.807, 2.05) is 0 Å². The number of carbonyl (C=O) groups excluding carboxylic acids is 2. The number of halogens is 2. The molecule has 2 aromatic rings. The number of amides is 2. The first-order valence-electron chi connectivity index (χ1n) is 8.93. The number of benzene rings is 1. The molecule has 30 heavy (non-hydrogen) atoms. The minimum absolute atomic E-state index is 0.00641. The Labute approximate surface area is 182 Å². The standard InChI is InChI=1S/C17H19Cl2N5O5S/c18-11-2-1-3-12(19)14(11)16(25)22-13-8-24(9-30(27,28)29)23-15(13)17(26)21-10-4-6-20-7-5-10/h1-3,8,10,20H,4-7,9H2,(H,21,26)(H,22,25)(H,27,28,29). The van der Waals surface area contributed by atoms with Gasteiger partial charge in [0.25, 0.3) is 21.9 Å². The third kappa shape index (κ3) is 5.70. The number of rotatable bonds is 6. The van der Waals surface area contributed by atoms with Gasteiger partial charge >= 0.3 is 0 Å². The lowest BCUT2D eigenvalue weighted by atomic mass is 10.1. The Kier molecular flexibility index (Phi) is 6.98. The summed E-state index contributed by atoms with van der Waals surface area (Å²) in [5.74, 6) is -2.17. The lowest BCUT2D eigenvalue weighted by molar-refractivity contribution is 0.0924. The molecule has 2 amide bonds. The zero-order valence-corrected chi connectivity index (χ0v) is 17.9. The van der Waals surface area contributed by atoms with E-state index >= 15 is 0 Å². The van der Waals surface area contributed by atoms with Crippen molar-refractivity contribution in [1.29, 1.82) is 0 Å². The topological polar surface area (TPSA) is 142 Å². The molecule has 1 aliphatic rings. The molecule has 10 nitrogen and oxygen atoms in total. The van der Waals surface area contributed by atoms with Crippen LogP contribution in [-0.2, 0) is 16.0 Å². The van der Waals surface area contributed by atoms with E-state index in [0.29, 0.717) is 12.8 Å². The van der Waals surface area contributed by atoms with Gasteiger partial charge in [-0.3, -0.25) is 18.8 Å². The number of hydrogen-bond donors (Lipinski definition) is 4. The van der Waals surface area contributed by atoms with Crippen molar-refractivity contribution >= 4 is 50.8 Å². The Bertz CT molecular complexity index is 1050. The summed E-state index contributed by atoms with van der Waals surface area (Å²) < 4.78 is 32.3. The minimum Gasteiger partial charge on any atom is -0.348 e. The molecule has 1 aromatic heterocycles. The SMILES string of the molecule is O=C(NC1CCNCC1)c1nn(CS(=O)(=O)O)cc1NC(=O)c1c(Cl)cccc1Cl. The van der Waals surface area contributed by atoms with Gasteiger partial charge in [0.2, 0.25) is 0 Å². The summed E-state index contributed by atoms with van der Waals surface area (Å²) >= 11 is 12.1. The highest BCUT2D eigenvalue weighted by Crippen LogP contribution is 2.26. The molecule has 0 aliphatic carbocycles. The molecule has 2 heterocycles. The molecule has 0 radical (unpaired) electrons. The summed E-state index contributed by atoms with van der Waals surface area (Å²) in [5, 5.41) is 12.6. The van der Waals surface area contributed by atoms with Gasteiger partial charge in [0.1, 0.15) is 0 Å². The van der Waals surface area contributed by atoms with E-state index in [1.54, 1.807) is 6.07 Å². The second-order valence-corrected chi connectivity index (χ2v) is 8.93. The van der Waals surface area contributed by atoms with Gasteiger partial charge in [-0.1, -0.05) is 29.3 Å². The molecule has 0 saturated carbocycles. The zero-order chi connectivity index (χ0) is 21.9. The maximum absolute atomic E-state index is 12.7. The molecule has 162 valence electrons. The number of hydrogen-bond acceptors (Lipinski definition) is 6. The number of carbonyl (C=O) groups is 2. The fourth-order valence-electron chi connectivity index (χ4n) is 3.03. The molecule has 13 heteroatoms. The van der Waals surface area contributed by atoms with Crippen molar-refractivity contribution in [2.75, 3.05) is 18.4 Å². The average molecular weight is 476 g/mol. The van der Waals surface area contributed by atoms with Crippen molar-refractivity contribution in [3.63, 3.8) is 0 Å². The molecule has 3 rings (SSSR count). The van der Waals surface area contributed by atoms with Crippen molar-refractivity contribution in [1.82, 2.24) is 20.4 Å². The van der Waals surface area contributed by atoms with Crippen LogP contribution in [0.25, 0.3) is 0 Å². The normalized spacial score (nSPS) is 15.0. The largest absolute Gasteiger partial charge is 0.348 e. The summed E-state index contributed by atoms with van der Waals surface area (Å²) in [5.41, 5.74) is -0.257. The van der Waals surface area contributed by atoms with Gasteiger partial charge in [-0.05, 0) is 38.1 Å². The van der Waals surface area contributed by atoms with Crippen molar-refractivity contribution in [2.45, 2.75) is 24.8 Å². The highest BCUT2D eigenvalue weighted by molar-refractivity contribution is 7.84. The Morgan fingerprint density at radius 2 is 1.83 bits per heavy atom. The molecule has 1 fully saturated rings. The maximum atomic E-state index is 12.7. The van der Waals surface area contributed by atoms with E-state index in [0.717, 1.165) is 24.0 Å². The fraction of sp³-hybridized carbons (Fsp3) is 0.353. The van der Waals surface area contributed by atoms with Crippen LogP contribution in [0.2, 0.25) is 10.0 Å². The van der Waals surface area contributed by atoms with E-state index < -0.39 is 27.8 Å². The van der Waals surface area contributed by atoms with E-state index in [-0.39, 0.29) is 33.0 Å². The van der Waals surface area contributed by atoms with Crippen LogP contribution in [0.4, 0.5) is 5.69 Å². The first-order chi connectivity index (χ1) is 14.1.